The molecule has 2 aromatic carbocycles. The number of amides is 2. The van der Waals surface area contributed by atoms with E-state index < -0.39 is 23.5 Å². The summed E-state index contributed by atoms with van der Waals surface area (Å²) in [5.41, 5.74) is 3.36. The van der Waals surface area contributed by atoms with Crippen molar-refractivity contribution in [2.45, 2.75) is 46.1 Å². The molecule has 7 nitrogen and oxygen atoms in total. The lowest BCUT2D eigenvalue weighted by Crippen LogP contribution is -2.64. The van der Waals surface area contributed by atoms with E-state index in [0.717, 1.165) is 22.3 Å². The first kappa shape index (κ1) is 23.8. The Bertz CT molecular complexity index is 1070. The number of hydrogen-bond acceptors (Lipinski definition) is 4. The van der Waals surface area contributed by atoms with Crippen LogP contribution in [0.15, 0.2) is 48.5 Å². The fourth-order valence-electron chi connectivity index (χ4n) is 4.90. The van der Waals surface area contributed by atoms with Gasteiger partial charge in [-0.05, 0) is 41.0 Å². The fourth-order valence-corrected chi connectivity index (χ4v) is 4.90. The third-order valence-electron chi connectivity index (χ3n) is 6.66. The SMILES string of the molecule is CC(C)(C)CC(NC(=O)OCC1c2ccccc2-c2ccccc21)C(=O)N1CC(C)(C(=O)O)C1. The zero-order chi connectivity index (χ0) is 24.7. The van der Waals surface area contributed by atoms with Gasteiger partial charge in [-0.3, -0.25) is 9.59 Å². The lowest BCUT2D eigenvalue weighted by atomic mass is 9.80. The lowest BCUT2D eigenvalue weighted by molar-refractivity contribution is -0.165. The predicted octanol–water partition coefficient (Wildman–Crippen LogP) is 4.26. The molecule has 34 heavy (non-hydrogen) atoms. The van der Waals surface area contributed by atoms with E-state index in [1.807, 2.05) is 45.0 Å². The van der Waals surface area contributed by atoms with Crippen molar-refractivity contribution in [2.75, 3.05) is 19.7 Å². The maximum absolute atomic E-state index is 13.1. The Kier molecular flexibility index (Phi) is 6.14. The van der Waals surface area contributed by atoms with Gasteiger partial charge in [-0.15, -0.1) is 0 Å². The molecule has 0 radical (unpaired) electrons. The Morgan fingerprint density at radius 3 is 2.09 bits per heavy atom. The molecule has 1 atom stereocenters. The second-order valence-corrected chi connectivity index (χ2v) is 10.8. The number of hydrogen-bond donors (Lipinski definition) is 2. The standard InChI is InChI=1S/C27H32N2O5/c1-26(2,3)13-22(23(30)29-15-27(4,16-29)24(31)32)28-25(33)34-14-21-19-11-7-5-9-17(19)18-10-6-8-12-20(18)21/h5-12,21-22H,13-16H2,1-4H3,(H,28,33)(H,31,32). The number of alkyl carbamates (subject to hydrolysis) is 1. The van der Waals surface area contributed by atoms with Gasteiger partial charge in [0.05, 0.1) is 5.41 Å². The molecular weight excluding hydrogens is 432 g/mol. The summed E-state index contributed by atoms with van der Waals surface area (Å²) >= 11 is 0. The zero-order valence-electron chi connectivity index (χ0n) is 20.1. The largest absolute Gasteiger partial charge is 0.481 e. The summed E-state index contributed by atoms with van der Waals surface area (Å²) < 4.78 is 5.63. The number of ether oxygens (including phenoxy) is 1. The summed E-state index contributed by atoms with van der Waals surface area (Å²) in [6.45, 7) is 8.02. The van der Waals surface area contributed by atoms with Crippen LogP contribution in [0.3, 0.4) is 0 Å². The Balaban J connectivity index is 1.43. The van der Waals surface area contributed by atoms with Crippen LogP contribution in [-0.4, -0.2) is 53.7 Å². The molecule has 0 saturated carbocycles. The average Bonchev–Trinajstić information content (AvgIpc) is 3.07. The van der Waals surface area contributed by atoms with Gasteiger partial charge in [-0.1, -0.05) is 69.3 Å². The van der Waals surface area contributed by atoms with E-state index in [1.165, 1.54) is 4.90 Å². The third-order valence-corrected chi connectivity index (χ3v) is 6.66. The predicted molar refractivity (Wildman–Crippen MR) is 128 cm³/mol. The lowest BCUT2D eigenvalue weighted by Gasteiger charge is -2.46. The van der Waals surface area contributed by atoms with Crippen LogP contribution in [0.25, 0.3) is 11.1 Å². The molecule has 0 aromatic heterocycles. The summed E-state index contributed by atoms with van der Waals surface area (Å²) in [5, 5.41) is 12.1. The van der Waals surface area contributed by atoms with E-state index in [1.54, 1.807) is 6.92 Å². The van der Waals surface area contributed by atoms with Crippen molar-refractivity contribution in [3.05, 3.63) is 59.7 Å². The number of carboxylic acid groups (broad SMARTS) is 1. The molecular formula is C27H32N2O5. The molecule has 2 amide bonds. The molecule has 0 bridgehead atoms. The van der Waals surface area contributed by atoms with Gasteiger partial charge in [0.1, 0.15) is 12.6 Å². The van der Waals surface area contributed by atoms with Crippen LogP contribution < -0.4 is 5.32 Å². The van der Waals surface area contributed by atoms with E-state index in [2.05, 4.69) is 29.6 Å². The average molecular weight is 465 g/mol. The normalized spacial score (nSPS) is 17.2. The van der Waals surface area contributed by atoms with Crippen LogP contribution in [0.4, 0.5) is 4.79 Å². The van der Waals surface area contributed by atoms with Crippen molar-refractivity contribution in [2.24, 2.45) is 10.8 Å². The van der Waals surface area contributed by atoms with Crippen molar-refractivity contribution >= 4 is 18.0 Å². The monoisotopic (exact) mass is 464 g/mol. The molecule has 1 aliphatic heterocycles. The van der Waals surface area contributed by atoms with Crippen LogP contribution in [0, 0.1) is 10.8 Å². The molecule has 180 valence electrons. The van der Waals surface area contributed by atoms with Crippen molar-refractivity contribution in [1.82, 2.24) is 10.2 Å². The highest BCUT2D eigenvalue weighted by Gasteiger charge is 2.49. The highest BCUT2D eigenvalue weighted by molar-refractivity contribution is 5.89. The highest BCUT2D eigenvalue weighted by Crippen LogP contribution is 2.44. The van der Waals surface area contributed by atoms with Crippen molar-refractivity contribution in [3.8, 4) is 11.1 Å². The van der Waals surface area contributed by atoms with E-state index >= 15 is 0 Å². The number of carbonyl (C=O) groups excluding carboxylic acids is 2. The quantitative estimate of drug-likeness (QED) is 0.666. The van der Waals surface area contributed by atoms with Crippen molar-refractivity contribution < 1.29 is 24.2 Å². The second-order valence-electron chi connectivity index (χ2n) is 10.8. The number of rotatable bonds is 6. The number of benzene rings is 2. The van der Waals surface area contributed by atoms with Gasteiger partial charge < -0.3 is 20.1 Å². The minimum atomic E-state index is -0.939. The first-order chi connectivity index (χ1) is 16.0. The number of carbonyl (C=O) groups is 3. The summed E-state index contributed by atoms with van der Waals surface area (Å²) in [5.74, 6) is -1.27. The van der Waals surface area contributed by atoms with Gasteiger partial charge in [0.25, 0.3) is 0 Å². The molecule has 7 heteroatoms. The Morgan fingerprint density at radius 1 is 1.06 bits per heavy atom. The van der Waals surface area contributed by atoms with Gasteiger partial charge in [0.15, 0.2) is 0 Å². The van der Waals surface area contributed by atoms with E-state index in [-0.39, 0.29) is 36.9 Å². The van der Waals surface area contributed by atoms with Gasteiger partial charge in [0, 0.05) is 19.0 Å². The zero-order valence-corrected chi connectivity index (χ0v) is 20.1. The minimum Gasteiger partial charge on any atom is -0.481 e. The van der Waals surface area contributed by atoms with Crippen LogP contribution in [-0.2, 0) is 14.3 Å². The van der Waals surface area contributed by atoms with Crippen LogP contribution in [0.1, 0.15) is 51.2 Å². The van der Waals surface area contributed by atoms with Gasteiger partial charge in [-0.2, -0.15) is 0 Å². The second kappa shape index (κ2) is 8.78. The highest BCUT2D eigenvalue weighted by atomic mass is 16.5. The Labute approximate surface area is 200 Å². The van der Waals surface area contributed by atoms with Crippen molar-refractivity contribution in [3.63, 3.8) is 0 Å². The fraction of sp³-hybridized carbons (Fsp3) is 0.444. The van der Waals surface area contributed by atoms with Crippen molar-refractivity contribution in [1.29, 1.82) is 0 Å². The summed E-state index contributed by atoms with van der Waals surface area (Å²) in [6, 6.07) is 15.4. The molecule has 1 saturated heterocycles. The molecule has 1 aliphatic carbocycles. The van der Waals surface area contributed by atoms with Gasteiger partial charge in [0.2, 0.25) is 5.91 Å². The molecule has 2 aliphatic rings. The summed E-state index contributed by atoms with van der Waals surface area (Å²) in [4.78, 5) is 38.8. The minimum absolute atomic E-state index is 0.0680. The third kappa shape index (κ3) is 4.65. The first-order valence-electron chi connectivity index (χ1n) is 11.6. The van der Waals surface area contributed by atoms with Crippen LogP contribution in [0.2, 0.25) is 0 Å². The Morgan fingerprint density at radius 2 is 1.59 bits per heavy atom. The van der Waals surface area contributed by atoms with E-state index in [9.17, 15) is 19.5 Å². The smallest absolute Gasteiger partial charge is 0.407 e. The first-order valence-corrected chi connectivity index (χ1v) is 11.6. The number of carboxylic acids is 1. The molecule has 1 fully saturated rings. The molecule has 1 heterocycles. The molecule has 4 rings (SSSR count). The van der Waals surface area contributed by atoms with Gasteiger partial charge >= 0.3 is 12.1 Å². The van der Waals surface area contributed by atoms with E-state index in [4.69, 9.17) is 4.74 Å². The molecule has 2 aromatic rings. The number of likely N-dealkylation sites (tertiary alicyclic amines) is 1. The summed E-state index contributed by atoms with van der Waals surface area (Å²) in [7, 11) is 0. The number of nitrogens with one attached hydrogen (secondary N) is 1. The van der Waals surface area contributed by atoms with Gasteiger partial charge in [-0.25, -0.2) is 4.79 Å². The van der Waals surface area contributed by atoms with Crippen LogP contribution >= 0.6 is 0 Å². The Hall–Kier alpha value is -3.35. The molecule has 1 unspecified atom stereocenters. The molecule has 0 spiro atoms. The maximum Gasteiger partial charge on any atom is 0.407 e. The molecule has 2 N–H and O–H groups in total. The topological polar surface area (TPSA) is 95.9 Å². The maximum atomic E-state index is 13.1. The van der Waals surface area contributed by atoms with E-state index in [0.29, 0.717) is 6.42 Å². The summed E-state index contributed by atoms with van der Waals surface area (Å²) in [6.07, 6.45) is -0.234. The van der Waals surface area contributed by atoms with Crippen LogP contribution in [0.5, 0.6) is 0 Å². The number of aliphatic carboxylic acids is 1. The number of nitrogens with zero attached hydrogens (tertiary/aromatic N) is 1. The number of fused-ring (bicyclic) bond motifs is 3.